The average molecular weight is 194 g/mol. The molecule has 1 amide bonds. The minimum absolute atomic E-state index is 0.200. The Balaban J connectivity index is 2.52. The molecule has 2 N–H and O–H groups in total. The molecular formula is C10H14N2O2. The van der Waals surface area contributed by atoms with Crippen LogP contribution in [-0.2, 0) is 0 Å². The first kappa shape index (κ1) is 10.7. The van der Waals surface area contributed by atoms with Crippen LogP contribution in [0.4, 0.5) is 0 Å². The molecule has 0 spiro atoms. The molecule has 0 aliphatic rings. The molecule has 0 radical (unpaired) electrons. The van der Waals surface area contributed by atoms with Crippen molar-refractivity contribution in [3.8, 4) is 0 Å². The molecule has 0 saturated carbocycles. The van der Waals surface area contributed by atoms with E-state index in [1.54, 1.807) is 38.4 Å². The molecule has 0 fully saturated rings. The maximum absolute atomic E-state index is 11.4. The molecule has 14 heavy (non-hydrogen) atoms. The fourth-order valence-electron chi connectivity index (χ4n) is 0.902. The zero-order chi connectivity index (χ0) is 10.6. The van der Waals surface area contributed by atoms with Crippen molar-refractivity contribution >= 4 is 5.91 Å². The highest BCUT2D eigenvalue weighted by Crippen LogP contribution is 2.00. The number of aliphatic hydroxyl groups is 1. The van der Waals surface area contributed by atoms with Crippen molar-refractivity contribution in [1.29, 1.82) is 0 Å². The van der Waals surface area contributed by atoms with Gasteiger partial charge in [0.1, 0.15) is 0 Å². The zero-order valence-corrected chi connectivity index (χ0v) is 8.32. The van der Waals surface area contributed by atoms with Crippen molar-refractivity contribution in [2.45, 2.75) is 19.4 Å². The Bertz CT molecular complexity index is 304. The second-order valence-corrected chi connectivity index (χ2v) is 3.73. The molecule has 0 bridgehead atoms. The van der Waals surface area contributed by atoms with Gasteiger partial charge in [-0.25, -0.2) is 0 Å². The predicted molar refractivity (Wildman–Crippen MR) is 52.9 cm³/mol. The van der Waals surface area contributed by atoms with Gasteiger partial charge in [-0.15, -0.1) is 0 Å². The van der Waals surface area contributed by atoms with E-state index in [9.17, 15) is 9.90 Å². The van der Waals surface area contributed by atoms with Crippen LogP contribution >= 0.6 is 0 Å². The number of pyridine rings is 1. The average Bonchev–Trinajstić information content (AvgIpc) is 2.14. The van der Waals surface area contributed by atoms with E-state index in [2.05, 4.69) is 10.3 Å². The van der Waals surface area contributed by atoms with Crippen molar-refractivity contribution in [2.24, 2.45) is 0 Å². The van der Waals surface area contributed by atoms with Gasteiger partial charge in [-0.3, -0.25) is 9.78 Å². The molecule has 1 heterocycles. The van der Waals surface area contributed by atoms with E-state index in [1.165, 1.54) is 0 Å². The van der Waals surface area contributed by atoms with Crippen LogP contribution in [0.3, 0.4) is 0 Å². The molecular weight excluding hydrogens is 180 g/mol. The number of hydrogen-bond donors (Lipinski definition) is 2. The van der Waals surface area contributed by atoms with Crippen LogP contribution in [-0.4, -0.2) is 28.1 Å². The topological polar surface area (TPSA) is 62.2 Å². The minimum Gasteiger partial charge on any atom is -0.389 e. The van der Waals surface area contributed by atoms with Crippen molar-refractivity contribution in [2.75, 3.05) is 6.54 Å². The highest BCUT2D eigenvalue weighted by Gasteiger charge is 2.14. The van der Waals surface area contributed by atoms with E-state index in [1.807, 2.05) is 0 Å². The summed E-state index contributed by atoms with van der Waals surface area (Å²) in [5.41, 5.74) is -0.341. The third-order valence-electron chi connectivity index (χ3n) is 1.62. The Morgan fingerprint density at radius 2 is 2.07 bits per heavy atom. The van der Waals surface area contributed by atoms with E-state index >= 15 is 0 Å². The third-order valence-corrected chi connectivity index (χ3v) is 1.62. The SMILES string of the molecule is CC(C)(O)CNC(=O)c1ccncc1. The number of amides is 1. The van der Waals surface area contributed by atoms with Crippen LogP contribution in [0.25, 0.3) is 0 Å². The fraction of sp³-hybridized carbons (Fsp3) is 0.400. The largest absolute Gasteiger partial charge is 0.389 e. The van der Waals surface area contributed by atoms with Gasteiger partial charge in [0.05, 0.1) is 5.60 Å². The molecule has 1 rings (SSSR count). The number of carbonyl (C=O) groups excluding carboxylic acids is 1. The van der Waals surface area contributed by atoms with Crippen molar-refractivity contribution in [3.05, 3.63) is 30.1 Å². The van der Waals surface area contributed by atoms with E-state index in [0.29, 0.717) is 5.56 Å². The number of nitrogens with one attached hydrogen (secondary N) is 1. The summed E-state index contributed by atoms with van der Waals surface area (Å²) in [6, 6.07) is 3.25. The lowest BCUT2D eigenvalue weighted by molar-refractivity contribution is 0.0694. The second-order valence-electron chi connectivity index (χ2n) is 3.73. The van der Waals surface area contributed by atoms with Gasteiger partial charge in [0.2, 0.25) is 0 Å². The number of rotatable bonds is 3. The van der Waals surface area contributed by atoms with E-state index in [-0.39, 0.29) is 12.5 Å². The smallest absolute Gasteiger partial charge is 0.251 e. The number of nitrogens with zero attached hydrogens (tertiary/aromatic N) is 1. The maximum atomic E-state index is 11.4. The minimum atomic E-state index is -0.886. The Labute approximate surface area is 83.0 Å². The Morgan fingerprint density at radius 3 is 2.57 bits per heavy atom. The Hall–Kier alpha value is -1.42. The summed E-state index contributed by atoms with van der Waals surface area (Å²) >= 11 is 0. The molecule has 0 aliphatic heterocycles. The lowest BCUT2D eigenvalue weighted by Gasteiger charge is -2.17. The quantitative estimate of drug-likeness (QED) is 0.740. The number of hydrogen-bond acceptors (Lipinski definition) is 3. The second kappa shape index (κ2) is 4.19. The molecule has 76 valence electrons. The van der Waals surface area contributed by atoms with E-state index in [4.69, 9.17) is 0 Å². The number of aromatic nitrogens is 1. The van der Waals surface area contributed by atoms with Crippen LogP contribution in [0.2, 0.25) is 0 Å². The van der Waals surface area contributed by atoms with Gasteiger partial charge in [-0.1, -0.05) is 0 Å². The summed E-state index contributed by atoms with van der Waals surface area (Å²) < 4.78 is 0. The maximum Gasteiger partial charge on any atom is 0.251 e. The standard InChI is InChI=1S/C10H14N2O2/c1-10(2,14)7-12-9(13)8-3-5-11-6-4-8/h3-6,14H,7H2,1-2H3,(H,12,13). The van der Waals surface area contributed by atoms with Crippen LogP contribution < -0.4 is 5.32 Å². The zero-order valence-electron chi connectivity index (χ0n) is 8.32. The summed E-state index contributed by atoms with van der Waals surface area (Å²) in [6.07, 6.45) is 3.11. The molecule has 0 saturated heterocycles. The summed E-state index contributed by atoms with van der Waals surface area (Å²) in [5.74, 6) is -0.200. The van der Waals surface area contributed by atoms with Gasteiger partial charge < -0.3 is 10.4 Å². The van der Waals surface area contributed by atoms with E-state index < -0.39 is 5.60 Å². The molecule has 4 nitrogen and oxygen atoms in total. The van der Waals surface area contributed by atoms with Crippen molar-refractivity contribution in [1.82, 2.24) is 10.3 Å². The van der Waals surface area contributed by atoms with Crippen molar-refractivity contribution in [3.63, 3.8) is 0 Å². The van der Waals surface area contributed by atoms with Gasteiger partial charge in [0.25, 0.3) is 5.91 Å². The molecule has 1 aromatic rings. The Morgan fingerprint density at radius 1 is 1.50 bits per heavy atom. The number of carbonyl (C=O) groups is 1. The lowest BCUT2D eigenvalue weighted by Crippen LogP contribution is -2.38. The Kier molecular flexibility index (Phi) is 3.19. The van der Waals surface area contributed by atoms with Gasteiger partial charge >= 0.3 is 0 Å². The lowest BCUT2D eigenvalue weighted by atomic mass is 10.1. The monoisotopic (exact) mass is 194 g/mol. The van der Waals surface area contributed by atoms with Crippen molar-refractivity contribution < 1.29 is 9.90 Å². The van der Waals surface area contributed by atoms with Gasteiger partial charge in [0.15, 0.2) is 0 Å². The van der Waals surface area contributed by atoms with Gasteiger partial charge in [-0.2, -0.15) is 0 Å². The molecule has 4 heteroatoms. The first-order valence-electron chi connectivity index (χ1n) is 4.40. The third kappa shape index (κ3) is 3.53. The first-order valence-corrected chi connectivity index (χ1v) is 4.40. The van der Waals surface area contributed by atoms with Crippen LogP contribution in [0, 0.1) is 0 Å². The molecule has 1 aromatic heterocycles. The summed E-state index contributed by atoms with van der Waals surface area (Å²) in [5, 5.41) is 12.0. The summed E-state index contributed by atoms with van der Waals surface area (Å²) in [7, 11) is 0. The highest BCUT2D eigenvalue weighted by molar-refractivity contribution is 5.93. The first-order chi connectivity index (χ1) is 6.49. The fourth-order valence-corrected chi connectivity index (χ4v) is 0.902. The van der Waals surface area contributed by atoms with Crippen LogP contribution in [0.15, 0.2) is 24.5 Å². The predicted octanol–water partition coefficient (Wildman–Crippen LogP) is 0.582. The molecule has 0 atom stereocenters. The van der Waals surface area contributed by atoms with E-state index in [0.717, 1.165) is 0 Å². The molecule has 0 unspecified atom stereocenters. The van der Waals surface area contributed by atoms with Gasteiger partial charge in [0, 0.05) is 24.5 Å². The molecule has 0 aromatic carbocycles. The normalized spacial score (nSPS) is 11.1. The van der Waals surface area contributed by atoms with Crippen LogP contribution in [0.5, 0.6) is 0 Å². The van der Waals surface area contributed by atoms with Crippen LogP contribution in [0.1, 0.15) is 24.2 Å². The summed E-state index contributed by atoms with van der Waals surface area (Å²) in [6.45, 7) is 3.51. The highest BCUT2D eigenvalue weighted by atomic mass is 16.3. The summed E-state index contributed by atoms with van der Waals surface area (Å²) in [4.78, 5) is 15.2. The molecule has 0 aliphatic carbocycles. The van der Waals surface area contributed by atoms with Gasteiger partial charge in [-0.05, 0) is 26.0 Å².